The van der Waals surface area contributed by atoms with E-state index in [2.05, 4.69) is 15.1 Å². The Hall–Kier alpha value is -2.24. The second-order valence-corrected chi connectivity index (χ2v) is 5.71. The van der Waals surface area contributed by atoms with Crippen LogP contribution < -0.4 is 0 Å². The van der Waals surface area contributed by atoms with E-state index in [1.165, 1.54) is 0 Å². The third-order valence-corrected chi connectivity index (χ3v) is 4.14. The second kappa shape index (κ2) is 5.87. The van der Waals surface area contributed by atoms with Crippen LogP contribution in [0.4, 0.5) is 0 Å². The van der Waals surface area contributed by atoms with Crippen molar-refractivity contribution in [1.29, 1.82) is 0 Å². The van der Waals surface area contributed by atoms with Crippen LogP contribution >= 0.6 is 0 Å². The lowest BCUT2D eigenvalue weighted by Gasteiger charge is -2.16. The van der Waals surface area contributed by atoms with Gasteiger partial charge in [-0.25, -0.2) is 9.97 Å². The fourth-order valence-corrected chi connectivity index (χ4v) is 2.91. The first-order valence-corrected chi connectivity index (χ1v) is 7.64. The highest BCUT2D eigenvalue weighted by Gasteiger charge is 2.32. The minimum absolute atomic E-state index is 0.00533. The standard InChI is InChI=1S/C16H20N4O2/c1-4-13-14(11(3)22-19-13)16(21)20-8-6-12(9-20)15-17-7-5-10(2)18-15/h5,7,12H,4,6,8-9H2,1-3H3. The molecule has 0 saturated carbocycles. The number of likely N-dealkylation sites (tertiary alicyclic amines) is 1. The van der Waals surface area contributed by atoms with Gasteiger partial charge in [-0.2, -0.15) is 0 Å². The van der Waals surface area contributed by atoms with E-state index >= 15 is 0 Å². The minimum atomic E-state index is 0.00533. The molecule has 1 fully saturated rings. The number of hydrogen-bond acceptors (Lipinski definition) is 5. The highest BCUT2D eigenvalue weighted by atomic mass is 16.5. The van der Waals surface area contributed by atoms with Crippen LogP contribution in [0, 0.1) is 13.8 Å². The van der Waals surface area contributed by atoms with Gasteiger partial charge in [0, 0.05) is 30.9 Å². The number of amides is 1. The Bertz CT molecular complexity index is 695. The average molecular weight is 300 g/mol. The Balaban J connectivity index is 1.77. The van der Waals surface area contributed by atoms with Gasteiger partial charge >= 0.3 is 0 Å². The van der Waals surface area contributed by atoms with E-state index in [0.717, 1.165) is 23.6 Å². The maximum atomic E-state index is 12.7. The van der Waals surface area contributed by atoms with Gasteiger partial charge in [0.2, 0.25) is 0 Å². The third-order valence-electron chi connectivity index (χ3n) is 4.14. The van der Waals surface area contributed by atoms with Crippen LogP contribution in [0.1, 0.15) is 52.6 Å². The van der Waals surface area contributed by atoms with Gasteiger partial charge in [-0.1, -0.05) is 12.1 Å². The molecule has 0 aromatic carbocycles. The van der Waals surface area contributed by atoms with Crippen molar-refractivity contribution in [2.75, 3.05) is 13.1 Å². The Morgan fingerprint density at radius 1 is 1.45 bits per heavy atom. The Labute approximate surface area is 129 Å². The van der Waals surface area contributed by atoms with Crippen LogP contribution in [0.3, 0.4) is 0 Å². The summed E-state index contributed by atoms with van der Waals surface area (Å²) in [6.07, 6.45) is 3.36. The van der Waals surface area contributed by atoms with Gasteiger partial charge < -0.3 is 9.42 Å². The summed E-state index contributed by atoms with van der Waals surface area (Å²) in [5.74, 6) is 1.63. The van der Waals surface area contributed by atoms with Crippen LogP contribution in [-0.2, 0) is 6.42 Å². The molecule has 1 unspecified atom stereocenters. The highest BCUT2D eigenvalue weighted by Crippen LogP contribution is 2.27. The molecule has 3 heterocycles. The van der Waals surface area contributed by atoms with Crippen LogP contribution in [0.2, 0.25) is 0 Å². The van der Waals surface area contributed by atoms with Gasteiger partial charge in [0.05, 0.1) is 5.69 Å². The van der Waals surface area contributed by atoms with Gasteiger partial charge in [-0.05, 0) is 32.8 Å². The van der Waals surface area contributed by atoms with Gasteiger partial charge in [-0.3, -0.25) is 4.79 Å². The molecule has 6 heteroatoms. The minimum Gasteiger partial charge on any atom is -0.361 e. The zero-order valence-corrected chi connectivity index (χ0v) is 13.2. The number of aromatic nitrogens is 3. The molecule has 1 aliphatic rings. The molecule has 0 spiro atoms. The number of aryl methyl sites for hydroxylation is 3. The predicted molar refractivity (Wildman–Crippen MR) is 80.6 cm³/mol. The average Bonchev–Trinajstić information content (AvgIpc) is 3.13. The lowest BCUT2D eigenvalue weighted by atomic mass is 10.1. The van der Waals surface area contributed by atoms with Crippen molar-refractivity contribution in [2.24, 2.45) is 0 Å². The Morgan fingerprint density at radius 2 is 2.27 bits per heavy atom. The molecule has 1 saturated heterocycles. The largest absolute Gasteiger partial charge is 0.361 e. The molecule has 6 nitrogen and oxygen atoms in total. The van der Waals surface area contributed by atoms with Crippen LogP contribution in [-0.4, -0.2) is 39.0 Å². The molecule has 116 valence electrons. The normalized spacial score (nSPS) is 18.0. The first kappa shape index (κ1) is 14.7. The fraction of sp³-hybridized carbons (Fsp3) is 0.500. The van der Waals surface area contributed by atoms with E-state index in [-0.39, 0.29) is 11.8 Å². The quantitative estimate of drug-likeness (QED) is 0.869. The molecular formula is C16H20N4O2. The zero-order chi connectivity index (χ0) is 15.7. The molecule has 3 rings (SSSR count). The molecule has 0 radical (unpaired) electrons. The molecular weight excluding hydrogens is 280 g/mol. The van der Waals surface area contributed by atoms with Crippen molar-refractivity contribution in [3.05, 3.63) is 40.8 Å². The summed E-state index contributed by atoms with van der Waals surface area (Å²) in [7, 11) is 0. The molecule has 0 bridgehead atoms. The van der Waals surface area contributed by atoms with E-state index in [9.17, 15) is 4.79 Å². The molecule has 22 heavy (non-hydrogen) atoms. The first-order chi connectivity index (χ1) is 10.6. The number of carbonyl (C=O) groups excluding carboxylic acids is 1. The number of hydrogen-bond donors (Lipinski definition) is 0. The Morgan fingerprint density at radius 3 is 3.00 bits per heavy atom. The maximum Gasteiger partial charge on any atom is 0.259 e. The lowest BCUT2D eigenvalue weighted by Crippen LogP contribution is -2.29. The number of carbonyl (C=O) groups is 1. The summed E-state index contributed by atoms with van der Waals surface area (Å²) in [6, 6.07) is 1.88. The van der Waals surface area contributed by atoms with E-state index in [0.29, 0.717) is 30.8 Å². The van der Waals surface area contributed by atoms with Crippen molar-refractivity contribution >= 4 is 5.91 Å². The van der Waals surface area contributed by atoms with Gasteiger partial charge in [0.25, 0.3) is 5.91 Å². The van der Waals surface area contributed by atoms with Crippen molar-refractivity contribution in [2.45, 2.75) is 39.5 Å². The monoisotopic (exact) mass is 300 g/mol. The van der Waals surface area contributed by atoms with Gasteiger partial charge in [0.1, 0.15) is 17.1 Å². The summed E-state index contributed by atoms with van der Waals surface area (Å²) < 4.78 is 5.17. The maximum absolute atomic E-state index is 12.7. The topological polar surface area (TPSA) is 72.1 Å². The van der Waals surface area contributed by atoms with Crippen LogP contribution in [0.5, 0.6) is 0 Å². The summed E-state index contributed by atoms with van der Waals surface area (Å²) in [5, 5.41) is 3.97. The third kappa shape index (κ3) is 2.61. The van der Waals surface area contributed by atoms with E-state index in [4.69, 9.17) is 4.52 Å². The molecule has 1 amide bonds. The fourth-order valence-electron chi connectivity index (χ4n) is 2.91. The smallest absolute Gasteiger partial charge is 0.259 e. The van der Waals surface area contributed by atoms with Crippen molar-refractivity contribution in [3.63, 3.8) is 0 Å². The van der Waals surface area contributed by atoms with Crippen molar-refractivity contribution < 1.29 is 9.32 Å². The zero-order valence-electron chi connectivity index (χ0n) is 13.2. The van der Waals surface area contributed by atoms with E-state index in [1.807, 2.05) is 24.8 Å². The second-order valence-electron chi connectivity index (χ2n) is 5.71. The number of nitrogens with zero attached hydrogens (tertiary/aromatic N) is 4. The molecule has 1 aliphatic heterocycles. The molecule has 0 aliphatic carbocycles. The van der Waals surface area contributed by atoms with Crippen LogP contribution in [0.25, 0.3) is 0 Å². The summed E-state index contributed by atoms with van der Waals surface area (Å²) in [6.45, 7) is 7.08. The molecule has 2 aromatic heterocycles. The van der Waals surface area contributed by atoms with Crippen LogP contribution in [0.15, 0.2) is 16.8 Å². The van der Waals surface area contributed by atoms with Crippen molar-refractivity contribution in [1.82, 2.24) is 20.0 Å². The molecule has 1 atom stereocenters. The van der Waals surface area contributed by atoms with Gasteiger partial charge in [-0.15, -0.1) is 0 Å². The van der Waals surface area contributed by atoms with E-state index < -0.39 is 0 Å². The van der Waals surface area contributed by atoms with Gasteiger partial charge in [0.15, 0.2) is 0 Å². The highest BCUT2D eigenvalue weighted by molar-refractivity contribution is 5.96. The summed E-state index contributed by atoms with van der Waals surface area (Å²) in [4.78, 5) is 23.4. The Kier molecular flexibility index (Phi) is 3.92. The van der Waals surface area contributed by atoms with E-state index in [1.54, 1.807) is 13.1 Å². The first-order valence-electron chi connectivity index (χ1n) is 7.64. The molecule has 0 N–H and O–H groups in total. The molecule has 2 aromatic rings. The van der Waals surface area contributed by atoms with Crippen molar-refractivity contribution in [3.8, 4) is 0 Å². The summed E-state index contributed by atoms with van der Waals surface area (Å²) >= 11 is 0. The lowest BCUT2D eigenvalue weighted by molar-refractivity contribution is 0.0788. The number of rotatable bonds is 3. The summed E-state index contributed by atoms with van der Waals surface area (Å²) in [5.41, 5.74) is 2.31. The predicted octanol–water partition coefficient (Wildman–Crippen LogP) is 2.27. The SMILES string of the molecule is CCc1noc(C)c1C(=O)N1CCC(c2nccc(C)n2)C1.